The molecule has 0 N–H and O–H groups in total. The normalized spacial score (nSPS) is 26.7. The Morgan fingerprint density at radius 3 is 1.05 bits per heavy atom. The molecule has 0 aromatic heterocycles. The summed E-state index contributed by atoms with van der Waals surface area (Å²) in [5, 5.41) is 0. The Morgan fingerprint density at radius 2 is 0.818 bits per heavy atom. The third-order valence-electron chi connectivity index (χ3n) is 7.53. The van der Waals surface area contributed by atoms with Gasteiger partial charge in [-0.25, -0.2) is 0 Å². The molecule has 130 valence electrons. The largest absolute Gasteiger partial charge is 1.00 e. The fourth-order valence-electron chi connectivity index (χ4n) is 6.53. The second kappa shape index (κ2) is 9.59. The van der Waals surface area contributed by atoms with Crippen LogP contribution in [0.25, 0.3) is 0 Å². The van der Waals surface area contributed by atoms with E-state index in [0.29, 0.717) is 0 Å². The molecule has 22 heavy (non-hydrogen) atoms. The maximum atomic E-state index is 2.34. The van der Waals surface area contributed by atoms with E-state index in [1.165, 1.54) is 63.9 Å². The zero-order valence-electron chi connectivity index (χ0n) is 14.6. The molecule has 3 fully saturated rings. The maximum absolute atomic E-state index is 2.34. The third-order valence-corrected chi connectivity index (χ3v) is 8.39. The minimum absolute atomic E-state index is 0. The zero-order chi connectivity index (χ0) is 14.5. The van der Waals surface area contributed by atoms with Crippen LogP contribution in [-0.4, -0.2) is 6.16 Å². The quantitative estimate of drug-likeness (QED) is 0.469. The van der Waals surface area contributed by atoms with Crippen LogP contribution >= 0.6 is 9.24 Å². The van der Waals surface area contributed by atoms with Gasteiger partial charge in [-0.3, -0.25) is 0 Å². The first kappa shape index (κ1) is 19.5. The van der Waals surface area contributed by atoms with Crippen molar-refractivity contribution >= 4 is 9.24 Å². The summed E-state index contributed by atoms with van der Waals surface area (Å²) in [6.45, 7) is 0. The summed E-state index contributed by atoms with van der Waals surface area (Å²) >= 11 is 0. The van der Waals surface area contributed by atoms with Crippen molar-refractivity contribution in [1.82, 2.24) is 0 Å². The Morgan fingerprint density at radius 1 is 0.545 bits per heavy atom. The SMILES string of the molecule is [I-].[PH3+]CC(C1CCCCC1)(C1CCCCC1)C1CCCCC1. The average Bonchev–Trinajstić information content (AvgIpc) is 2.59. The standard InChI is InChI=1S/C20H37P.HI/c21-16-20(17-10-4-1-5-11-17,18-12-6-2-7-13-18)19-14-8-3-9-15-19;/h17-19H,1-16,21H2;1H. The van der Waals surface area contributed by atoms with Gasteiger partial charge in [-0.05, 0) is 65.5 Å². The van der Waals surface area contributed by atoms with Crippen LogP contribution in [0.2, 0.25) is 0 Å². The lowest BCUT2D eigenvalue weighted by Gasteiger charge is -2.53. The first-order valence-corrected chi connectivity index (χ1v) is 11.2. The van der Waals surface area contributed by atoms with Crippen molar-refractivity contribution in [3.05, 3.63) is 0 Å². The minimum atomic E-state index is 0. The number of hydrogen-bond acceptors (Lipinski definition) is 0. The number of halogens is 1. The van der Waals surface area contributed by atoms with Crippen LogP contribution in [0.5, 0.6) is 0 Å². The van der Waals surface area contributed by atoms with Gasteiger partial charge >= 0.3 is 0 Å². The summed E-state index contributed by atoms with van der Waals surface area (Å²) in [6.07, 6.45) is 24.8. The highest BCUT2D eigenvalue weighted by Gasteiger charge is 2.50. The summed E-state index contributed by atoms with van der Waals surface area (Å²) in [5.41, 5.74) is 0.764. The molecule has 0 aromatic rings. The third kappa shape index (κ3) is 4.04. The van der Waals surface area contributed by atoms with Gasteiger partial charge in [-0.15, -0.1) is 0 Å². The Bertz CT molecular complexity index is 253. The van der Waals surface area contributed by atoms with Crippen molar-refractivity contribution in [1.29, 1.82) is 0 Å². The monoisotopic (exact) mass is 436 g/mol. The highest BCUT2D eigenvalue weighted by atomic mass is 127. The fourth-order valence-corrected chi connectivity index (χ4v) is 7.76. The van der Waals surface area contributed by atoms with E-state index in [1.54, 1.807) is 38.5 Å². The van der Waals surface area contributed by atoms with Crippen LogP contribution in [0.3, 0.4) is 0 Å². The summed E-state index contributed by atoms with van der Waals surface area (Å²) < 4.78 is 0. The number of rotatable bonds is 4. The summed E-state index contributed by atoms with van der Waals surface area (Å²) in [5.74, 6) is 3.28. The van der Waals surface area contributed by atoms with Gasteiger partial charge < -0.3 is 24.0 Å². The average molecular weight is 436 g/mol. The lowest BCUT2D eigenvalue weighted by atomic mass is 9.52. The van der Waals surface area contributed by atoms with Crippen LogP contribution in [0.15, 0.2) is 0 Å². The lowest BCUT2D eigenvalue weighted by Crippen LogP contribution is -3.00. The Hall–Kier alpha value is 1.16. The van der Waals surface area contributed by atoms with Crippen molar-refractivity contribution in [2.45, 2.75) is 96.3 Å². The molecule has 0 radical (unpaired) electrons. The molecule has 0 heterocycles. The van der Waals surface area contributed by atoms with Crippen molar-refractivity contribution in [2.24, 2.45) is 23.2 Å². The molecular weight excluding hydrogens is 398 g/mol. The fraction of sp³-hybridized carbons (Fsp3) is 1.00. The molecule has 0 spiro atoms. The Balaban J connectivity index is 0.00000176. The molecule has 1 unspecified atom stereocenters. The van der Waals surface area contributed by atoms with Gasteiger partial charge in [0.15, 0.2) is 0 Å². The van der Waals surface area contributed by atoms with Gasteiger partial charge in [-0.1, -0.05) is 57.8 Å². The Labute approximate surface area is 158 Å². The maximum Gasteiger partial charge on any atom is 0.0590 e. The first-order valence-electron chi connectivity index (χ1n) is 10.2. The van der Waals surface area contributed by atoms with Gasteiger partial charge in [0.25, 0.3) is 0 Å². The molecule has 2 heteroatoms. The van der Waals surface area contributed by atoms with Crippen LogP contribution in [-0.2, 0) is 0 Å². The van der Waals surface area contributed by atoms with Crippen molar-refractivity contribution < 1.29 is 24.0 Å². The first-order chi connectivity index (χ1) is 10.4. The second-order valence-corrected chi connectivity index (χ2v) is 8.87. The van der Waals surface area contributed by atoms with Crippen molar-refractivity contribution in [3.8, 4) is 0 Å². The van der Waals surface area contributed by atoms with E-state index in [9.17, 15) is 0 Å². The zero-order valence-corrected chi connectivity index (χ0v) is 18.2. The molecule has 0 saturated heterocycles. The smallest absolute Gasteiger partial charge is 0.0590 e. The molecule has 3 aliphatic carbocycles. The van der Waals surface area contributed by atoms with E-state index in [2.05, 4.69) is 9.24 Å². The summed E-state index contributed by atoms with van der Waals surface area (Å²) in [6, 6.07) is 0. The molecule has 0 nitrogen and oxygen atoms in total. The van der Waals surface area contributed by atoms with E-state index in [1.807, 2.05) is 0 Å². The van der Waals surface area contributed by atoms with E-state index in [0.717, 1.165) is 23.2 Å². The molecule has 3 aliphatic rings. The molecule has 1 atom stereocenters. The van der Waals surface area contributed by atoms with Gasteiger partial charge in [0.1, 0.15) is 0 Å². The van der Waals surface area contributed by atoms with Gasteiger partial charge in [0, 0.05) is 5.41 Å². The van der Waals surface area contributed by atoms with Crippen molar-refractivity contribution in [3.63, 3.8) is 0 Å². The van der Waals surface area contributed by atoms with Gasteiger partial charge in [0.2, 0.25) is 0 Å². The van der Waals surface area contributed by atoms with Gasteiger partial charge in [0.05, 0.1) is 6.16 Å². The van der Waals surface area contributed by atoms with Crippen LogP contribution in [0, 0.1) is 23.2 Å². The summed E-state index contributed by atoms with van der Waals surface area (Å²) in [4.78, 5) is 0. The molecule has 0 aliphatic heterocycles. The highest BCUT2D eigenvalue weighted by molar-refractivity contribution is 7.16. The topological polar surface area (TPSA) is 0 Å². The molecular formula is C20H38IP. The van der Waals surface area contributed by atoms with E-state index < -0.39 is 0 Å². The molecule has 0 bridgehead atoms. The van der Waals surface area contributed by atoms with Crippen LogP contribution < -0.4 is 24.0 Å². The van der Waals surface area contributed by atoms with Crippen LogP contribution in [0.4, 0.5) is 0 Å². The molecule has 3 rings (SSSR count). The van der Waals surface area contributed by atoms with Gasteiger partial charge in [-0.2, -0.15) is 0 Å². The predicted octanol–water partition coefficient (Wildman–Crippen LogP) is 3.33. The summed E-state index contributed by atoms with van der Waals surface area (Å²) in [7, 11) is 2.34. The van der Waals surface area contributed by atoms with Crippen LogP contribution in [0.1, 0.15) is 96.3 Å². The van der Waals surface area contributed by atoms with E-state index in [4.69, 9.17) is 0 Å². The Kier molecular flexibility index (Phi) is 8.50. The molecule has 3 saturated carbocycles. The lowest BCUT2D eigenvalue weighted by molar-refractivity contribution is -0.0274. The second-order valence-electron chi connectivity index (χ2n) is 8.37. The molecule has 0 aromatic carbocycles. The number of hydrogen-bond donors (Lipinski definition) is 0. The highest BCUT2D eigenvalue weighted by Crippen LogP contribution is 2.57. The predicted molar refractivity (Wildman–Crippen MR) is 98.1 cm³/mol. The van der Waals surface area contributed by atoms with Crippen molar-refractivity contribution in [2.75, 3.05) is 6.16 Å². The minimum Gasteiger partial charge on any atom is -1.00 e. The van der Waals surface area contributed by atoms with E-state index in [-0.39, 0.29) is 24.0 Å². The molecule has 0 amide bonds. The van der Waals surface area contributed by atoms with E-state index >= 15 is 0 Å².